The summed E-state index contributed by atoms with van der Waals surface area (Å²) in [5.74, 6) is 1.40. The molecule has 5 heteroatoms. The molecule has 1 saturated heterocycles. The Morgan fingerprint density at radius 3 is 2.53 bits per heavy atom. The topological polar surface area (TPSA) is 63.4 Å². The van der Waals surface area contributed by atoms with Gasteiger partial charge in [0, 0.05) is 23.9 Å². The van der Waals surface area contributed by atoms with Gasteiger partial charge in [0.25, 0.3) is 0 Å². The lowest BCUT2D eigenvalue weighted by Gasteiger charge is -2.41. The van der Waals surface area contributed by atoms with Gasteiger partial charge in [-0.25, -0.2) is 0 Å². The zero-order valence-corrected chi connectivity index (χ0v) is 18.2. The van der Waals surface area contributed by atoms with E-state index >= 15 is 0 Å². The third-order valence-corrected chi connectivity index (χ3v) is 8.59. The highest BCUT2D eigenvalue weighted by molar-refractivity contribution is 7.13. The number of benzene rings is 1. The van der Waals surface area contributed by atoms with E-state index in [0.29, 0.717) is 24.8 Å². The predicted molar refractivity (Wildman–Crippen MR) is 120 cm³/mol. The number of carbonyl (C=O) groups excluding carboxylic acids is 2. The van der Waals surface area contributed by atoms with E-state index in [0.717, 1.165) is 24.9 Å². The lowest BCUT2D eigenvalue weighted by atomic mass is 9.73. The number of primary amides is 1. The summed E-state index contributed by atoms with van der Waals surface area (Å²) in [5.41, 5.74) is 7.65. The third-order valence-electron chi connectivity index (χ3n) is 7.69. The Balaban J connectivity index is 1.39. The summed E-state index contributed by atoms with van der Waals surface area (Å²) >= 11 is 1.71. The van der Waals surface area contributed by atoms with Crippen LogP contribution in [0, 0.1) is 23.2 Å². The fraction of sp³-hybridized carbons (Fsp3) is 0.520. The van der Waals surface area contributed by atoms with Crippen LogP contribution in [0.2, 0.25) is 0 Å². The monoisotopic (exact) mass is 422 g/mol. The molecule has 0 radical (unpaired) electrons. The van der Waals surface area contributed by atoms with E-state index in [1.54, 1.807) is 11.3 Å². The van der Waals surface area contributed by atoms with Crippen LogP contribution in [0.15, 0.2) is 41.8 Å². The summed E-state index contributed by atoms with van der Waals surface area (Å²) in [4.78, 5) is 29.3. The van der Waals surface area contributed by atoms with Gasteiger partial charge in [0.2, 0.25) is 11.8 Å². The number of nitrogens with two attached hydrogens (primary N) is 1. The average Bonchev–Trinajstić information content (AvgIpc) is 3.23. The van der Waals surface area contributed by atoms with Crippen molar-refractivity contribution in [2.75, 3.05) is 13.1 Å². The minimum Gasteiger partial charge on any atom is -0.369 e. The van der Waals surface area contributed by atoms with Crippen molar-refractivity contribution < 1.29 is 9.59 Å². The first kappa shape index (κ1) is 19.8. The Labute approximate surface area is 182 Å². The van der Waals surface area contributed by atoms with Crippen molar-refractivity contribution in [1.29, 1.82) is 0 Å². The van der Waals surface area contributed by atoms with Crippen LogP contribution in [0.1, 0.15) is 44.1 Å². The molecule has 2 aromatic rings. The number of hydrogen-bond acceptors (Lipinski definition) is 3. The molecule has 30 heavy (non-hydrogen) atoms. The lowest BCUT2D eigenvalue weighted by molar-refractivity contribution is -0.141. The minimum atomic E-state index is -0.679. The van der Waals surface area contributed by atoms with Crippen molar-refractivity contribution in [2.45, 2.75) is 44.9 Å². The van der Waals surface area contributed by atoms with E-state index < -0.39 is 5.41 Å². The number of fused-ring (bicyclic) bond motifs is 1. The van der Waals surface area contributed by atoms with E-state index in [1.807, 2.05) is 17.0 Å². The standard InChI is InChI=1S/C25H30N2O2S/c26-24(29)25(15-17-7-1-2-8-18(17)21-11-5-14-30-21)12-6-13-27(16-25)23(28)22-19-9-3-4-10-20(19)22/h1-2,5,7-8,11,14,19-20,22H,3-4,6,9-10,12-13,15-16H2,(H2,26,29)/t19-,20+,22?,25-/m1/s1. The summed E-state index contributed by atoms with van der Waals surface area (Å²) in [5, 5.41) is 2.08. The van der Waals surface area contributed by atoms with Crippen molar-refractivity contribution in [3.63, 3.8) is 0 Å². The molecule has 0 spiro atoms. The molecule has 2 N–H and O–H groups in total. The fourth-order valence-electron chi connectivity index (χ4n) is 6.03. The number of nitrogens with zero attached hydrogens (tertiary/aromatic N) is 1. The second-order valence-electron chi connectivity index (χ2n) is 9.46. The van der Waals surface area contributed by atoms with E-state index in [1.165, 1.54) is 36.1 Å². The van der Waals surface area contributed by atoms with Gasteiger partial charge >= 0.3 is 0 Å². The highest BCUT2D eigenvalue weighted by atomic mass is 32.1. The zero-order chi connectivity index (χ0) is 20.7. The van der Waals surface area contributed by atoms with Crippen molar-refractivity contribution in [3.05, 3.63) is 47.3 Å². The molecule has 5 rings (SSSR count). The van der Waals surface area contributed by atoms with Crippen LogP contribution in [-0.2, 0) is 16.0 Å². The van der Waals surface area contributed by atoms with Gasteiger partial charge < -0.3 is 10.6 Å². The molecule has 2 amide bonds. The van der Waals surface area contributed by atoms with Crippen LogP contribution in [0.4, 0.5) is 0 Å². The van der Waals surface area contributed by atoms with E-state index in [4.69, 9.17) is 5.73 Å². The van der Waals surface area contributed by atoms with Crippen LogP contribution < -0.4 is 5.73 Å². The van der Waals surface area contributed by atoms with Gasteiger partial charge in [-0.15, -0.1) is 11.3 Å². The Morgan fingerprint density at radius 1 is 1.07 bits per heavy atom. The molecule has 3 fully saturated rings. The molecule has 4 nitrogen and oxygen atoms in total. The van der Waals surface area contributed by atoms with E-state index in [-0.39, 0.29) is 17.7 Å². The molecule has 1 unspecified atom stereocenters. The van der Waals surface area contributed by atoms with E-state index in [2.05, 4.69) is 29.6 Å². The first-order valence-corrected chi connectivity index (χ1v) is 12.2. The summed E-state index contributed by atoms with van der Waals surface area (Å²) in [6.45, 7) is 1.23. The van der Waals surface area contributed by atoms with Crippen molar-refractivity contribution in [3.8, 4) is 10.4 Å². The Hall–Kier alpha value is -2.14. The molecular formula is C25H30N2O2S. The van der Waals surface area contributed by atoms with Crippen LogP contribution in [0.5, 0.6) is 0 Å². The maximum absolute atomic E-state index is 13.3. The number of hydrogen-bond donors (Lipinski definition) is 1. The van der Waals surface area contributed by atoms with Crippen molar-refractivity contribution >= 4 is 23.2 Å². The highest BCUT2D eigenvalue weighted by Gasteiger charge is 2.56. The Kier molecular flexibility index (Phi) is 5.18. The first-order valence-electron chi connectivity index (χ1n) is 11.3. The molecule has 1 aromatic carbocycles. The predicted octanol–water partition coefficient (Wildman–Crippen LogP) is 4.49. The molecule has 1 aliphatic heterocycles. The van der Waals surface area contributed by atoms with Crippen molar-refractivity contribution in [2.24, 2.45) is 28.9 Å². The minimum absolute atomic E-state index is 0.203. The van der Waals surface area contributed by atoms with Crippen LogP contribution >= 0.6 is 11.3 Å². The summed E-state index contributed by atoms with van der Waals surface area (Å²) in [7, 11) is 0. The number of likely N-dealkylation sites (tertiary alicyclic amines) is 1. The molecule has 3 aliphatic rings. The summed E-state index contributed by atoms with van der Waals surface area (Å²) in [6, 6.07) is 12.5. The molecule has 2 saturated carbocycles. The Morgan fingerprint density at radius 2 is 1.83 bits per heavy atom. The number of amides is 2. The fourth-order valence-corrected chi connectivity index (χ4v) is 6.82. The molecule has 158 valence electrons. The zero-order valence-electron chi connectivity index (χ0n) is 17.4. The first-order chi connectivity index (χ1) is 14.6. The van der Waals surface area contributed by atoms with Crippen molar-refractivity contribution in [1.82, 2.24) is 4.90 Å². The van der Waals surface area contributed by atoms with Crippen LogP contribution in [-0.4, -0.2) is 29.8 Å². The second kappa shape index (κ2) is 7.84. The van der Waals surface area contributed by atoms with Gasteiger partial charge in [-0.2, -0.15) is 0 Å². The normalized spacial score (nSPS) is 30.5. The lowest BCUT2D eigenvalue weighted by Crippen LogP contribution is -2.53. The molecule has 2 heterocycles. The van der Waals surface area contributed by atoms with Gasteiger partial charge in [0.05, 0.1) is 5.41 Å². The molecule has 2 aliphatic carbocycles. The summed E-state index contributed by atoms with van der Waals surface area (Å²) in [6.07, 6.45) is 7.11. The smallest absolute Gasteiger partial charge is 0.226 e. The number of thiophene rings is 1. The summed E-state index contributed by atoms with van der Waals surface area (Å²) < 4.78 is 0. The average molecular weight is 423 g/mol. The molecule has 4 atom stereocenters. The highest BCUT2D eigenvalue weighted by Crippen LogP contribution is 2.56. The molecule has 0 bridgehead atoms. The maximum atomic E-state index is 13.3. The third kappa shape index (κ3) is 3.47. The largest absolute Gasteiger partial charge is 0.369 e. The van der Waals surface area contributed by atoms with Gasteiger partial charge in [-0.3, -0.25) is 9.59 Å². The number of carbonyl (C=O) groups is 2. The van der Waals surface area contributed by atoms with Gasteiger partial charge in [-0.1, -0.05) is 43.2 Å². The van der Waals surface area contributed by atoms with Crippen LogP contribution in [0.25, 0.3) is 10.4 Å². The van der Waals surface area contributed by atoms with Gasteiger partial charge in [-0.05, 0) is 66.5 Å². The van der Waals surface area contributed by atoms with Gasteiger partial charge in [0.15, 0.2) is 0 Å². The SMILES string of the molecule is NC(=O)[C@@]1(Cc2ccccc2-c2cccs2)CCCN(C(=O)C2[C@H]3CCCC[C@@H]23)C1. The van der Waals surface area contributed by atoms with Crippen LogP contribution in [0.3, 0.4) is 0 Å². The van der Waals surface area contributed by atoms with Gasteiger partial charge in [0.1, 0.15) is 0 Å². The number of piperidine rings is 1. The maximum Gasteiger partial charge on any atom is 0.226 e. The van der Waals surface area contributed by atoms with E-state index in [9.17, 15) is 9.59 Å². The molecule has 1 aromatic heterocycles. The Bertz CT molecular complexity index is 928. The second-order valence-corrected chi connectivity index (χ2v) is 10.4. The number of rotatable bonds is 5. The molecular weight excluding hydrogens is 392 g/mol. The quantitative estimate of drug-likeness (QED) is 0.772.